The largest absolute Gasteiger partial charge is 0.351 e. The van der Waals surface area contributed by atoms with E-state index in [2.05, 4.69) is 10.3 Å². The molecule has 1 aliphatic heterocycles. The third kappa shape index (κ3) is 3.65. The van der Waals surface area contributed by atoms with Gasteiger partial charge in [-0.3, -0.25) is 14.6 Å². The van der Waals surface area contributed by atoms with Crippen LogP contribution in [0.15, 0.2) is 42.0 Å². The molecule has 0 unspecified atom stereocenters. The van der Waals surface area contributed by atoms with E-state index in [-0.39, 0.29) is 17.9 Å². The number of carbonyl (C=O) groups excluding carboxylic acids is 2. The van der Waals surface area contributed by atoms with Gasteiger partial charge in [0.25, 0.3) is 5.91 Å². The molecule has 6 nitrogen and oxygen atoms in total. The summed E-state index contributed by atoms with van der Waals surface area (Å²) in [7, 11) is 0. The van der Waals surface area contributed by atoms with Gasteiger partial charge in [-0.05, 0) is 48.9 Å². The zero-order valence-corrected chi connectivity index (χ0v) is 18.7. The van der Waals surface area contributed by atoms with Crippen molar-refractivity contribution in [2.45, 2.75) is 70.1 Å². The van der Waals surface area contributed by atoms with Crippen LogP contribution in [-0.2, 0) is 17.9 Å². The summed E-state index contributed by atoms with van der Waals surface area (Å²) >= 11 is 1.63. The monoisotopic (exact) mass is 436 g/mol. The van der Waals surface area contributed by atoms with Crippen LogP contribution < -0.4 is 5.32 Å². The van der Waals surface area contributed by atoms with E-state index in [0.717, 1.165) is 41.5 Å². The number of amides is 2. The van der Waals surface area contributed by atoms with Gasteiger partial charge in [0, 0.05) is 25.0 Å². The molecule has 5 rings (SSSR count). The van der Waals surface area contributed by atoms with Crippen molar-refractivity contribution in [2.24, 2.45) is 0 Å². The lowest BCUT2D eigenvalue weighted by Gasteiger charge is -2.44. The minimum Gasteiger partial charge on any atom is -0.351 e. The highest BCUT2D eigenvalue weighted by Gasteiger charge is 2.48. The molecule has 162 valence electrons. The first kappa shape index (κ1) is 20.2. The molecule has 1 fully saturated rings. The molecule has 0 bridgehead atoms. The highest BCUT2D eigenvalue weighted by Crippen LogP contribution is 2.35. The molecule has 2 aliphatic rings. The molecule has 1 atom stereocenters. The number of fused-ring (bicyclic) bond motifs is 3. The normalized spacial score (nSPS) is 22.4. The summed E-state index contributed by atoms with van der Waals surface area (Å²) in [6, 6.07) is 8.01. The summed E-state index contributed by atoms with van der Waals surface area (Å²) in [4.78, 5) is 33.3. The third-order valence-electron chi connectivity index (χ3n) is 6.79. The highest BCUT2D eigenvalue weighted by molar-refractivity contribution is 7.17. The summed E-state index contributed by atoms with van der Waals surface area (Å²) in [6.45, 7) is 2.72. The van der Waals surface area contributed by atoms with Gasteiger partial charge in [0.2, 0.25) is 5.91 Å². The molecular formula is C24H28N4O2S. The van der Waals surface area contributed by atoms with Crippen LogP contribution in [0.5, 0.6) is 0 Å². The van der Waals surface area contributed by atoms with Crippen LogP contribution in [-0.4, -0.2) is 37.8 Å². The highest BCUT2D eigenvalue weighted by atomic mass is 32.1. The number of hydrogen-bond acceptors (Lipinski definition) is 4. The fourth-order valence-electron chi connectivity index (χ4n) is 4.96. The molecule has 31 heavy (non-hydrogen) atoms. The average molecular weight is 437 g/mol. The summed E-state index contributed by atoms with van der Waals surface area (Å²) in [6.07, 6.45) is 10.3. The van der Waals surface area contributed by atoms with E-state index in [1.165, 1.54) is 12.8 Å². The number of aromatic nitrogens is 2. The van der Waals surface area contributed by atoms with Crippen molar-refractivity contribution in [3.8, 4) is 0 Å². The number of carbonyl (C=O) groups is 2. The second-order valence-electron chi connectivity index (χ2n) is 8.97. The minimum atomic E-state index is -0.972. The van der Waals surface area contributed by atoms with Gasteiger partial charge in [-0.2, -0.15) is 0 Å². The Morgan fingerprint density at radius 2 is 2.06 bits per heavy atom. The smallest absolute Gasteiger partial charge is 0.271 e. The Bertz CT molecular complexity index is 1100. The van der Waals surface area contributed by atoms with E-state index in [1.807, 2.05) is 41.1 Å². The average Bonchev–Trinajstić information content (AvgIpc) is 3.26. The van der Waals surface area contributed by atoms with Crippen LogP contribution in [0, 0.1) is 0 Å². The fourth-order valence-corrected chi connectivity index (χ4v) is 5.78. The zero-order chi connectivity index (χ0) is 21.4. The molecule has 3 aromatic heterocycles. The zero-order valence-electron chi connectivity index (χ0n) is 17.8. The van der Waals surface area contributed by atoms with Crippen molar-refractivity contribution in [2.75, 3.05) is 0 Å². The molecule has 4 heterocycles. The molecule has 0 spiro atoms. The quantitative estimate of drug-likeness (QED) is 0.618. The second kappa shape index (κ2) is 8.11. The lowest BCUT2D eigenvalue weighted by molar-refractivity contribution is -0.134. The Morgan fingerprint density at radius 1 is 1.26 bits per heavy atom. The number of thiophene rings is 1. The van der Waals surface area contributed by atoms with E-state index in [1.54, 1.807) is 28.6 Å². The van der Waals surface area contributed by atoms with Gasteiger partial charge >= 0.3 is 0 Å². The first-order valence-electron chi connectivity index (χ1n) is 11.1. The van der Waals surface area contributed by atoms with Crippen LogP contribution in [0.2, 0.25) is 0 Å². The Labute approximate surface area is 186 Å². The molecule has 1 saturated carbocycles. The van der Waals surface area contributed by atoms with E-state index in [4.69, 9.17) is 0 Å². The van der Waals surface area contributed by atoms with E-state index in [9.17, 15) is 9.59 Å². The Kier molecular flexibility index (Phi) is 5.30. The lowest BCUT2D eigenvalue weighted by atomic mass is 9.93. The van der Waals surface area contributed by atoms with Crippen molar-refractivity contribution < 1.29 is 9.59 Å². The number of nitrogens with one attached hydrogen (secondary N) is 1. The molecule has 0 aromatic carbocycles. The molecule has 3 aromatic rings. The van der Waals surface area contributed by atoms with Crippen LogP contribution in [0.3, 0.4) is 0 Å². The topological polar surface area (TPSA) is 67.2 Å². The van der Waals surface area contributed by atoms with Gasteiger partial charge in [-0.25, -0.2) is 0 Å². The van der Waals surface area contributed by atoms with Crippen molar-refractivity contribution >= 4 is 33.4 Å². The van der Waals surface area contributed by atoms with Crippen molar-refractivity contribution in [1.82, 2.24) is 19.8 Å². The summed E-state index contributed by atoms with van der Waals surface area (Å²) in [5.41, 5.74) is 1.64. The molecule has 0 radical (unpaired) electrons. The summed E-state index contributed by atoms with van der Waals surface area (Å²) < 4.78 is 3.11. The molecular weight excluding hydrogens is 408 g/mol. The maximum Gasteiger partial charge on any atom is 0.271 e. The maximum atomic E-state index is 13.7. The first-order valence-corrected chi connectivity index (χ1v) is 12.0. The van der Waals surface area contributed by atoms with Gasteiger partial charge in [0.1, 0.15) is 11.2 Å². The first-order chi connectivity index (χ1) is 15.1. The molecule has 1 aliphatic carbocycles. The predicted molar refractivity (Wildman–Crippen MR) is 122 cm³/mol. The van der Waals surface area contributed by atoms with Gasteiger partial charge in [0.05, 0.1) is 16.8 Å². The van der Waals surface area contributed by atoms with Crippen LogP contribution in [0.25, 0.3) is 10.2 Å². The molecule has 7 heteroatoms. The number of pyridine rings is 1. The lowest BCUT2D eigenvalue weighted by Crippen LogP contribution is -2.64. The second-order valence-corrected chi connectivity index (χ2v) is 9.92. The Hall–Kier alpha value is -2.67. The van der Waals surface area contributed by atoms with Gasteiger partial charge < -0.3 is 14.8 Å². The van der Waals surface area contributed by atoms with Crippen molar-refractivity contribution in [1.29, 1.82) is 0 Å². The van der Waals surface area contributed by atoms with Crippen LogP contribution >= 0.6 is 11.3 Å². The predicted octanol–water partition coefficient (Wildman–Crippen LogP) is 4.35. The molecule has 1 N–H and O–H groups in total. The van der Waals surface area contributed by atoms with Crippen molar-refractivity contribution in [3.63, 3.8) is 0 Å². The van der Waals surface area contributed by atoms with Crippen LogP contribution in [0.4, 0.5) is 0 Å². The van der Waals surface area contributed by atoms with E-state index >= 15 is 0 Å². The molecule has 2 amide bonds. The number of rotatable bonds is 4. The summed E-state index contributed by atoms with van der Waals surface area (Å²) in [5.74, 6) is -0.156. The Balaban J connectivity index is 1.51. The Morgan fingerprint density at radius 3 is 2.81 bits per heavy atom. The van der Waals surface area contributed by atoms with E-state index in [0.29, 0.717) is 18.8 Å². The summed E-state index contributed by atoms with van der Waals surface area (Å²) in [5, 5.41) is 5.35. The SMILES string of the molecule is C[C@]1(C(=O)NC2CCCCCC2)Cn2c(cc3sccc32)C(=O)N1Cc1cccnc1. The van der Waals surface area contributed by atoms with Gasteiger partial charge in [-0.1, -0.05) is 31.7 Å². The maximum absolute atomic E-state index is 13.7. The molecule has 0 saturated heterocycles. The number of hydrogen-bond donors (Lipinski definition) is 1. The van der Waals surface area contributed by atoms with E-state index < -0.39 is 5.54 Å². The third-order valence-corrected chi connectivity index (χ3v) is 7.64. The van der Waals surface area contributed by atoms with Gasteiger partial charge in [0.15, 0.2) is 0 Å². The number of nitrogens with zero attached hydrogens (tertiary/aromatic N) is 3. The van der Waals surface area contributed by atoms with Gasteiger partial charge in [-0.15, -0.1) is 11.3 Å². The minimum absolute atomic E-state index is 0.0561. The standard InChI is InChI=1S/C24H28N4O2S/c1-24(23(30)26-18-8-4-2-3-5-9-18)16-27-19-10-12-31-21(19)13-20(27)22(29)28(24)15-17-7-6-11-25-14-17/h6-7,10-14,18H,2-5,8-9,15-16H2,1H3,(H,26,30)/t24-/m1/s1. The van der Waals surface area contributed by atoms with Crippen LogP contribution in [0.1, 0.15) is 61.5 Å². The fraction of sp³-hybridized carbons (Fsp3) is 0.458. The van der Waals surface area contributed by atoms with Crippen molar-refractivity contribution in [3.05, 3.63) is 53.3 Å².